The van der Waals surface area contributed by atoms with Crippen LogP contribution in [0.4, 0.5) is 0 Å². The Balaban J connectivity index is 2.17. The van der Waals surface area contributed by atoms with Crippen molar-refractivity contribution in [2.24, 2.45) is 0 Å². The highest BCUT2D eigenvalue weighted by Gasteiger charge is 2.16. The van der Waals surface area contributed by atoms with Gasteiger partial charge in [0.05, 0.1) is 6.04 Å². The summed E-state index contributed by atoms with van der Waals surface area (Å²) in [5.74, 6) is 1.14. The van der Waals surface area contributed by atoms with E-state index in [1.54, 1.807) is 0 Å². The summed E-state index contributed by atoms with van der Waals surface area (Å²) >= 11 is 3.48. The monoisotopic (exact) mass is 335 g/mol. The molecule has 1 aromatic carbocycles. The molecule has 108 valence electrons. The van der Waals surface area contributed by atoms with Crippen molar-refractivity contribution in [3.05, 3.63) is 52.5 Å². The zero-order valence-electron chi connectivity index (χ0n) is 12.1. The summed E-state index contributed by atoms with van der Waals surface area (Å²) in [6.45, 7) is 6.31. The summed E-state index contributed by atoms with van der Waals surface area (Å²) in [4.78, 5) is 4.56. The van der Waals surface area contributed by atoms with E-state index >= 15 is 0 Å². The van der Waals surface area contributed by atoms with Gasteiger partial charge in [-0.3, -0.25) is 0 Å². The first-order chi connectivity index (χ1) is 9.74. The predicted octanol–water partition coefficient (Wildman–Crippen LogP) is 3.95. The molecule has 1 heterocycles. The second-order valence-corrected chi connectivity index (χ2v) is 5.84. The fourth-order valence-electron chi connectivity index (χ4n) is 2.42. The van der Waals surface area contributed by atoms with Crippen LogP contribution < -0.4 is 5.32 Å². The average Bonchev–Trinajstić information content (AvgIpc) is 2.89. The first kappa shape index (κ1) is 15.3. The van der Waals surface area contributed by atoms with Crippen molar-refractivity contribution in [2.45, 2.75) is 39.3 Å². The molecule has 3 nitrogen and oxygen atoms in total. The van der Waals surface area contributed by atoms with Crippen LogP contribution in [0, 0.1) is 0 Å². The molecule has 20 heavy (non-hydrogen) atoms. The smallest absolute Gasteiger partial charge is 0.126 e. The van der Waals surface area contributed by atoms with E-state index in [1.165, 1.54) is 5.56 Å². The summed E-state index contributed by atoms with van der Waals surface area (Å²) in [6.07, 6.45) is 6.06. The lowest BCUT2D eigenvalue weighted by atomic mass is 10.1. The van der Waals surface area contributed by atoms with Crippen molar-refractivity contribution in [3.8, 4) is 0 Å². The van der Waals surface area contributed by atoms with Crippen molar-refractivity contribution < 1.29 is 0 Å². The standard InChI is InChI=1S/C16H22BrN3/c1-3-10-20-11-9-19-16(20)15(18-4-2)12-13-5-7-14(17)8-6-13/h5-9,11,15,18H,3-4,10,12H2,1-2H3. The van der Waals surface area contributed by atoms with Crippen LogP contribution in [0.2, 0.25) is 0 Å². The number of benzene rings is 1. The van der Waals surface area contributed by atoms with Gasteiger partial charge in [-0.25, -0.2) is 4.98 Å². The molecule has 1 aromatic heterocycles. The molecule has 4 heteroatoms. The molecule has 1 N–H and O–H groups in total. The van der Waals surface area contributed by atoms with Crippen LogP contribution in [0.15, 0.2) is 41.1 Å². The van der Waals surface area contributed by atoms with Crippen LogP contribution in [-0.4, -0.2) is 16.1 Å². The summed E-state index contributed by atoms with van der Waals surface area (Å²) < 4.78 is 3.38. The summed E-state index contributed by atoms with van der Waals surface area (Å²) in [5, 5.41) is 3.55. The van der Waals surface area contributed by atoms with Gasteiger partial charge in [0.25, 0.3) is 0 Å². The van der Waals surface area contributed by atoms with Crippen LogP contribution in [0.1, 0.15) is 37.7 Å². The maximum Gasteiger partial charge on any atom is 0.126 e. The number of aromatic nitrogens is 2. The minimum Gasteiger partial charge on any atom is -0.334 e. The number of aryl methyl sites for hydroxylation is 1. The molecule has 0 aliphatic rings. The highest BCUT2D eigenvalue weighted by molar-refractivity contribution is 9.10. The number of nitrogens with zero attached hydrogens (tertiary/aromatic N) is 2. The van der Waals surface area contributed by atoms with Crippen LogP contribution >= 0.6 is 15.9 Å². The van der Waals surface area contributed by atoms with Crippen LogP contribution in [0.25, 0.3) is 0 Å². The zero-order valence-corrected chi connectivity index (χ0v) is 13.7. The zero-order chi connectivity index (χ0) is 14.4. The largest absolute Gasteiger partial charge is 0.334 e. The van der Waals surface area contributed by atoms with Gasteiger partial charge in [0.15, 0.2) is 0 Å². The lowest BCUT2D eigenvalue weighted by Crippen LogP contribution is -2.26. The Labute approximate surface area is 129 Å². The van der Waals surface area contributed by atoms with E-state index in [4.69, 9.17) is 0 Å². The Morgan fingerprint density at radius 1 is 1.25 bits per heavy atom. The van der Waals surface area contributed by atoms with Crippen molar-refractivity contribution >= 4 is 15.9 Å². The Morgan fingerprint density at radius 3 is 2.65 bits per heavy atom. The maximum atomic E-state index is 4.56. The number of halogens is 1. The van der Waals surface area contributed by atoms with Crippen molar-refractivity contribution in [3.63, 3.8) is 0 Å². The maximum absolute atomic E-state index is 4.56. The summed E-state index contributed by atoms with van der Waals surface area (Å²) in [7, 11) is 0. The second kappa shape index (κ2) is 7.60. The third kappa shape index (κ3) is 3.93. The number of hydrogen-bond donors (Lipinski definition) is 1. The van der Waals surface area contributed by atoms with Gasteiger partial charge in [-0.2, -0.15) is 0 Å². The SMILES string of the molecule is CCCn1ccnc1C(Cc1ccc(Br)cc1)NCC. The molecule has 0 spiro atoms. The highest BCUT2D eigenvalue weighted by Crippen LogP contribution is 2.19. The molecule has 2 aromatic rings. The van der Waals surface area contributed by atoms with Crippen LogP contribution in [-0.2, 0) is 13.0 Å². The molecule has 0 saturated heterocycles. The molecule has 0 saturated carbocycles. The first-order valence-electron chi connectivity index (χ1n) is 7.23. The fourth-order valence-corrected chi connectivity index (χ4v) is 2.68. The number of rotatable bonds is 7. The molecule has 0 fully saturated rings. The number of nitrogens with one attached hydrogen (secondary N) is 1. The van der Waals surface area contributed by atoms with Gasteiger partial charge >= 0.3 is 0 Å². The molecule has 1 unspecified atom stereocenters. The summed E-state index contributed by atoms with van der Waals surface area (Å²) in [5.41, 5.74) is 1.32. The van der Waals surface area contributed by atoms with Crippen molar-refractivity contribution in [1.82, 2.24) is 14.9 Å². The van der Waals surface area contributed by atoms with E-state index in [9.17, 15) is 0 Å². The Bertz CT molecular complexity index is 519. The van der Waals surface area contributed by atoms with E-state index in [-0.39, 0.29) is 6.04 Å². The molecular weight excluding hydrogens is 314 g/mol. The van der Waals surface area contributed by atoms with E-state index in [0.29, 0.717) is 0 Å². The van der Waals surface area contributed by atoms with E-state index < -0.39 is 0 Å². The number of imidazole rings is 1. The van der Waals surface area contributed by atoms with E-state index in [2.05, 4.69) is 75.1 Å². The van der Waals surface area contributed by atoms with Gasteiger partial charge in [-0.1, -0.05) is 41.9 Å². The van der Waals surface area contributed by atoms with E-state index in [0.717, 1.165) is 36.2 Å². The Hall–Kier alpha value is -1.13. The topological polar surface area (TPSA) is 29.9 Å². The normalized spacial score (nSPS) is 12.6. The number of hydrogen-bond acceptors (Lipinski definition) is 2. The van der Waals surface area contributed by atoms with Gasteiger partial charge in [0, 0.05) is 23.4 Å². The third-order valence-electron chi connectivity index (χ3n) is 3.33. The van der Waals surface area contributed by atoms with Gasteiger partial charge < -0.3 is 9.88 Å². The molecule has 0 aliphatic carbocycles. The molecule has 0 radical (unpaired) electrons. The quantitative estimate of drug-likeness (QED) is 0.830. The van der Waals surface area contributed by atoms with Crippen LogP contribution in [0.3, 0.4) is 0 Å². The molecular formula is C16H22BrN3. The lowest BCUT2D eigenvalue weighted by Gasteiger charge is -2.19. The first-order valence-corrected chi connectivity index (χ1v) is 8.02. The third-order valence-corrected chi connectivity index (χ3v) is 3.86. The minimum absolute atomic E-state index is 0.266. The highest BCUT2D eigenvalue weighted by atomic mass is 79.9. The second-order valence-electron chi connectivity index (χ2n) is 4.92. The molecule has 0 aliphatic heterocycles. The Kier molecular flexibility index (Phi) is 5.80. The summed E-state index contributed by atoms with van der Waals surface area (Å²) in [6, 6.07) is 8.79. The average molecular weight is 336 g/mol. The van der Waals surface area contributed by atoms with Crippen LogP contribution in [0.5, 0.6) is 0 Å². The molecule has 0 bridgehead atoms. The predicted molar refractivity (Wildman–Crippen MR) is 86.8 cm³/mol. The lowest BCUT2D eigenvalue weighted by molar-refractivity contribution is 0.488. The molecule has 2 rings (SSSR count). The van der Waals surface area contributed by atoms with Gasteiger partial charge in [-0.15, -0.1) is 0 Å². The Morgan fingerprint density at radius 2 is 2.00 bits per heavy atom. The fraction of sp³-hybridized carbons (Fsp3) is 0.438. The molecule has 1 atom stereocenters. The van der Waals surface area contributed by atoms with Crippen molar-refractivity contribution in [1.29, 1.82) is 0 Å². The molecule has 0 amide bonds. The van der Waals surface area contributed by atoms with Gasteiger partial charge in [0.1, 0.15) is 5.82 Å². The van der Waals surface area contributed by atoms with E-state index in [1.807, 2.05) is 6.20 Å². The van der Waals surface area contributed by atoms with Gasteiger partial charge in [-0.05, 0) is 37.1 Å². The minimum atomic E-state index is 0.266. The number of likely N-dealkylation sites (N-methyl/N-ethyl adjacent to an activating group) is 1. The van der Waals surface area contributed by atoms with Gasteiger partial charge in [0.2, 0.25) is 0 Å². The van der Waals surface area contributed by atoms with Crippen molar-refractivity contribution in [2.75, 3.05) is 6.54 Å².